The van der Waals surface area contributed by atoms with Crippen molar-refractivity contribution in [2.24, 2.45) is 5.92 Å². The van der Waals surface area contributed by atoms with Gasteiger partial charge in [-0.25, -0.2) is 0 Å². The van der Waals surface area contributed by atoms with Crippen LogP contribution in [0.4, 0.5) is 0 Å². The Bertz CT molecular complexity index is 486. The summed E-state index contributed by atoms with van der Waals surface area (Å²) in [4.78, 5) is 24.7. The number of aliphatic carboxylic acids is 1. The van der Waals surface area contributed by atoms with Crippen molar-refractivity contribution in [1.29, 1.82) is 0 Å². The summed E-state index contributed by atoms with van der Waals surface area (Å²) in [6.45, 7) is 3.20. The van der Waals surface area contributed by atoms with Gasteiger partial charge in [0.05, 0.1) is 12.5 Å². The van der Waals surface area contributed by atoms with Crippen molar-refractivity contribution < 1.29 is 19.4 Å². The molecule has 1 N–H and O–H groups in total. The fourth-order valence-corrected chi connectivity index (χ4v) is 2.21. The smallest absolute Gasteiger partial charge is 0.308 e. The predicted octanol–water partition coefficient (Wildman–Crippen LogP) is 1.63. The van der Waals surface area contributed by atoms with Crippen molar-refractivity contribution in [2.75, 3.05) is 19.7 Å². The maximum atomic E-state index is 12.2. The molecule has 0 spiro atoms. The molecule has 0 unspecified atom stereocenters. The highest BCUT2D eigenvalue weighted by molar-refractivity contribution is 5.95. The van der Waals surface area contributed by atoms with Crippen molar-refractivity contribution in [2.45, 2.75) is 13.3 Å². The maximum Gasteiger partial charge on any atom is 0.308 e. The molecule has 1 saturated heterocycles. The van der Waals surface area contributed by atoms with E-state index in [4.69, 9.17) is 9.84 Å². The van der Waals surface area contributed by atoms with Gasteiger partial charge < -0.3 is 14.7 Å². The molecule has 5 nitrogen and oxygen atoms in total. The van der Waals surface area contributed by atoms with Crippen LogP contribution in [0.25, 0.3) is 0 Å². The molecule has 1 fully saturated rings. The van der Waals surface area contributed by atoms with Gasteiger partial charge >= 0.3 is 5.97 Å². The predicted molar refractivity (Wildman–Crippen MR) is 69.3 cm³/mol. The minimum absolute atomic E-state index is 0.134. The molecule has 0 bridgehead atoms. The first-order chi connectivity index (χ1) is 9.11. The topological polar surface area (TPSA) is 66.8 Å². The SMILES string of the molecule is CCOc1cccc(C(=O)N2CC[C@H](C(=O)O)C2)c1. The summed E-state index contributed by atoms with van der Waals surface area (Å²) < 4.78 is 5.35. The largest absolute Gasteiger partial charge is 0.494 e. The van der Waals surface area contributed by atoms with E-state index in [1.165, 1.54) is 0 Å². The first kappa shape index (κ1) is 13.4. The van der Waals surface area contributed by atoms with E-state index in [-0.39, 0.29) is 12.5 Å². The van der Waals surface area contributed by atoms with Gasteiger partial charge in [-0.15, -0.1) is 0 Å². The Kier molecular flexibility index (Phi) is 4.04. The number of carboxylic acids is 1. The third-order valence-electron chi connectivity index (χ3n) is 3.22. The first-order valence-electron chi connectivity index (χ1n) is 6.36. The number of carbonyl (C=O) groups is 2. The van der Waals surface area contributed by atoms with Crippen molar-refractivity contribution in [1.82, 2.24) is 4.90 Å². The Morgan fingerprint density at radius 1 is 1.47 bits per heavy atom. The van der Waals surface area contributed by atoms with Crippen LogP contribution in [0.2, 0.25) is 0 Å². The number of hydrogen-bond donors (Lipinski definition) is 1. The lowest BCUT2D eigenvalue weighted by molar-refractivity contribution is -0.141. The Morgan fingerprint density at radius 3 is 2.89 bits per heavy atom. The summed E-state index contributed by atoms with van der Waals surface area (Å²) in [5.74, 6) is -0.759. The van der Waals surface area contributed by atoms with Gasteiger partial charge in [0.25, 0.3) is 5.91 Å². The fourth-order valence-electron chi connectivity index (χ4n) is 2.21. The molecular formula is C14H17NO4. The van der Waals surface area contributed by atoms with E-state index in [2.05, 4.69) is 0 Å². The molecule has 1 heterocycles. The van der Waals surface area contributed by atoms with E-state index >= 15 is 0 Å². The van der Waals surface area contributed by atoms with Gasteiger partial charge in [0, 0.05) is 18.7 Å². The van der Waals surface area contributed by atoms with Crippen LogP contribution in [0.3, 0.4) is 0 Å². The zero-order valence-corrected chi connectivity index (χ0v) is 10.8. The van der Waals surface area contributed by atoms with E-state index in [1.54, 1.807) is 29.2 Å². The lowest BCUT2D eigenvalue weighted by Crippen LogP contribution is -2.29. The highest BCUT2D eigenvalue weighted by Gasteiger charge is 2.31. The number of rotatable bonds is 4. The lowest BCUT2D eigenvalue weighted by Gasteiger charge is -2.16. The van der Waals surface area contributed by atoms with E-state index in [0.29, 0.717) is 30.9 Å². The summed E-state index contributed by atoms with van der Waals surface area (Å²) in [5, 5.41) is 8.94. The normalized spacial score (nSPS) is 18.4. The molecule has 19 heavy (non-hydrogen) atoms. The molecule has 1 aliphatic rings. The second kappa shape index (κ2) is 5.73. The first-order valence-corrected chi connectivity index (χ1v) is 6.36. The van der Waals surface area contributed by atoms with Crippen molar-refractivity contribution >= 4 is 11.9 Å². The number of likely N-dealkylation sites (tertiary alicyclic amines) is 1. The maximum absolute atomic E-state index is 12.2. The number of nitrogens with zero attached hydrogens (tertiary/aromatic N) is 1. The Morgan fingerprint density at radius 2 is 2.26 bits per heavy atom. The average molecular weight is 263 g/mol. The number of carboxylic acid groups (broad SMARTS) is 1. The van der Waals surface area contributed by atoms with E-state index in [1.807, 2.05) is 6.92 Å². The fraction of sp³-hybridized carbons (Fsp3) is 0.429. The molecule has 1 amide bonds. The van der Waals surface area contributed by atoms with Crippen LogP contribution in [-0.4, -0.2) is 41.6 Å². The molecule has 0 aliphatic carbocycles. The Labute approximate surface area is 111 Å². The zero-order valence-electron chi connectivity index (χ0n) is 10.8. The van der Waals surface area contributed by atoms with Gasteiger partial charge in [0.15, 0.2) is 0 Å². The number of amides is 1. The van der Waals surface area contributed by atoms with Gasteiger partial charge in [-0.3, -0.25) is 9.59 Å². The van der Waals surface area contributed by atoms with Crippen LogP contribution in [0.15, 0.2) is 24.3 Å². The van der Waals surface area contributed by atoms with E-state index < -0.39 is 11.9 Å². The van der Waals surface area contributed by atoms with Crippen LogP contribution in [0.1, 0.15) is 23.7 Å². The van der Waals surface area contributed by atoms with E-state index in [9.17, 15) is 9.59 Å². The molecule has 1 aliphatic heterocycles. The zero-order chi connectivity index (χ0) is 13.8. The van der Waals surface area contributed by atoms with E-state index in [0.717, 1.165) is 0 Å². The highest BCUT2D eigenvalue weighted by atomic mass is 16.5. The van der Waals surface area contributed by atoms with Gasteiger partial charge in [-0.05, 0) is 31.5 Å². The van der Waals surface area contributed by atoms with Crippen LogP contribution in [0.5, 0.6) is 5.75 Å². The summed E-state index contributed by atoms with van der Waals surface area (Å²) in [6, 6.07) is 6.98. The lowest BCUT2D eigenvalue weighted by atomic mass is 10.1. The monoisotopic (exact) mass is 263 g/mol. The highest BCUT2D eigenvalue weighted by Crippen LogP contribution is 2.21. The van der Waals surface area contributed by atoms with Gasteiger partial charge in [-0.2, -0.15) is 0 Å². The van der Waals surface area contributed by atoms with Crippen molar-refractivity contribution in [3.05, 3.63) is 29.8 Å². The number of ether oxygens (including phenoxy) is 1. The number of hydrogen-bond acceptors (Lipinski definition) is 3. The van der Waals surface area contributed by atoms with Crippen molar-refractivity contribution in [3.63, 3.8) is 0 Å². The third-order valence-corrected chi connectivity index (χ3v) is 3.22. The average Bonchev–Trinajstić information content (AvgIpc) is 2.88. The minimum Gasteiger partial charge on any atom is -0.494 e. The molecule has 5 heteroatoms. The van der Waals surface area contributed by atoms with Crippen molar-refractivity contribution in [3.8, 4) is 5.75 Å². The quantitative estimate of drug-likeness (QED) is 0.896. The Balaban J connectivity index is 2.08. The molecule has 2 rings (SSSR count). The molecule has 1 aromatic carbocycles. The van der Waals surface area contributed by atoms with Gasteiger partial charge in [0.1, 0.15) is 5.75 Å². The van der Waals surface area contributed by atoms with Crippen LogP contribution in [0, 0.1) is 5.92 Å². The van der Waals surface area contributed by atoms with Crippen LogP contribution in [-0.2, 0) is 4.79 Å². The Hall–Kier alpha value is -2.04. The second-order valence-electron chi connectivity index (χ2n) is 4.54. The summed E-state index contributed by atoms with van der Waals surface area (Å²) >= 11 is 0. The van der Waals surface area contributed by atoms with Crippen LogP contribution < -0.4 is 4.74 Å². The number of benzene rings is 1. The van der Waals surface area contributed by atoms with Gasteiger partial charge in [-0.1, -0.05) is 6.07 Å². The molecular weight excluding hydrogens is 246 g/mol. The number of carbonyl (C=O) groups excluding carboxylic acids is 1. The molecule has 102 valence electrons. The summed E-state index contributed by atoms with van der Waals surface area (Å²) in [6.07, 6.45) is 0.520. The van der Waals surface area contributed by atoms with Gasteiger partial charge in [0.2, 0.25) is 0 Å². The molecule has 0 saturated carbocycles. The van der Waals surface area contributed by atoms with Crippen LogP contribution >= 0.6 is 0 Å². The molecule has 1 aromatic rings. The summed E-state index contributed by atoms with van der Waals surface area (Å²) in [7, 11) is 0. The molecule has 0 aromatic heterocycles. The molecule has 1 atom stereocenters. The molecule has 0 radical (unpaired) electrons. The summed E-state index contributed by atoms with van der Waals surface area (Å²) in [5.41, 5.74) is 0.539. The second-order valence-corrected chi connectivity index (χ2v) is 4.54. The minimum atomic E-state index is -0.835. The third kappa shape index (κ3) is 3.05. The standard InChI is InChI=1S/C14H17NO4/c1-2-19-12-5-3-4-10(8-12)13(16)15-7-6-11(9-15)14(17)18/h3-5,8,11H,2,6-7,9H2,1H3,(H,17,18)/t11-/m0/s1.